The van der Waals surface area contributed by atoms with Crippen molar-refractivity contribution in [3.05, 3.63) is 15.4 Å². The third-order valence-corrected chi connectivity index (χ3v) is 5.79. The van der Waals surface area contributed by atoms with Crippen LogP contribution in [0.4, 0.5) is 4.79 Å². The number of urea groups is 1. The van der Waals surface area contributed by atoms with Crippen LogP contribution in [0.3, 0.4) is 0 Å². The van der Waals surface area contributed by atoms with Crippen LogP contribution < -0.4 is 4.72 Å². The Balaban J connectivity index is 2.13. The average Bonchev–Trinajstić information content (AvgIpc) is 2.99. The van der Waals surface area contributed by atoms with E-state index in [-0.39, 0.29) is 20.1 Å². The number of nitriles is 1. The lowest BCUT2D eigenvalue weighted by Gasteiger charge is -2.04. The lowest BCUT2D eigenvalue weighted by atomic mass is 10.5. The van der Waals surface area contributed by atoms with E-state index >= 15 is 0 Å². The predicted octanol–water partition coefficient (Wildman–Crippen LogP) is 1.66. The molecule has 6 nitrogen and oxygen atoms in total. The molecule has 0 aliphatic carbocycles. The number of halogens is 2. The van der Waals surface area contributed by atoms with Crippen molar-refractivity contribution >= 4 is 50.6 Å². The zero-order valence-electron chi connectivity index (χ0n) is 8.55. The van der Waals surface area contributed by atoms with Crippen LogP contribution >= 0.6 is 34.5 Å². The van der Waals surface area contributed by atoms with Crippen molar-refractivity contribution in [3.63, 3.8) is 0 Å². The summed E-state index contributed by atoms with van der Waals surface area (Å²) < 4.78 is 25.4. The smallest absolute Gasteiger partial charge is 0.303 e. The number of hydrogen-bond acceptors (Lipinski definition) is 5. The topological polar surface area (TPSA) is 90.0 Å². The Morgan fingerprint density at radius 1 is 1.61 bits per heavy atom. The minimum Gasteiger partial charge on any atom is -0.303 e. The summed E-state index contributed by atoms with van der Waals surface area (Å²) in [5.41, 5.74) is 0. The molecule has 2 amide bonds. The maximum Gasteiger partial charge on any atom is 0.332 e. The molecule has 18 heavy (non-hydrogen) atoms. The molecule has 1 aromatic rings. The molecule has 1 unspecified atom stereocenters. The Labute approximate surface area is 117 Å². The number of sulfonamides is 1. The number of carbonyl (C=O) groups excluding carboxylic acids is 1. The molecular weight excluding hydrogens is 321 g/mol. The molecule has 10 heteroatoms. The number of amides is 2. The van der Waals surface area contributed by atoms with Gasteiger partial charge in [-0.15, -0.1) is 11.3 Å². The van der Waals surface area contributed by atoms with Crippen LogP contribution in [0.2, 0.25) is 9.36 Å². The number of nitrogens with one attached hydrogen (secondary N) is 1. The third kappa shape index (κ3) is 2.54. The summed E-state index contributed by atoms with van der Waals surface area (Å²) in [5.74, 6) is 0. The standard InChI is InChI=1S/C8H5Cl2N3O3S2/c9-5-1-6(17-7(5)10)18(15,16)12-8(14)13-3-4(13)2-11/h1,4H,3H2,(H,12,14). The Hall–Kier alpha value is -1.01. The Morgan fingerprint density at radius 3 is 2.72 bits per heavy atom. The van der Waals surface area contributed by atoms with Crippen molar-refractivity contribution in [1.82, 2.24) is 9.62 Å². The van der Waals surface area contributed by atoms with Crippen LogP contribution in [-0.4, -0.2) is 31.9 Å². The second-order valence-corrected chi connectivity index (χ2v) is 7.37. The maximum absolute atomic E-state index is 11.8. The van der Waals surface area contributed by atoms with E-state index in [2.05, 4.69) is 0 Å². The molecule has 1 atom stereocenters. The monoisotopic (exact) mass is 325 g/mol. The van der Waals surface area contributed by atoms with Gasteiger partial charge in [-0.1, -0.05) is 23.2 Å². The van der Waals surface area contributed by atoms with Gasteiger partial charge in [-0.3, -0.25) is 0 Å². The minimum absolute atomic E-state index is 0.108. The Kier molecular flexibility index (Phi) is 3.42. The fourth-order valence-electron chi connectivity index (χ4n) is 1.16. The summed E-state index contributed by atoms with van der Waals surface area (Å²) in [7, 11) is -4.00. The second-order valence-electron chi connectivity index (χ2n) is 3.39. The molecule has 1 fully saturated rings. The minimum atomic E-state index is -4.00. The van der Waals surface area contributed by atoms with Crippen molar-refractivity contribution in [2.24, 2.45) is 0 Å². The van der Waals surface area contributed by atoms with Crippen molar-refractivity contribution in [2.45, 2.75) is 10.3 Å². The third-order valence-electron chi connectivity index (χ3n) is 2.13. The molecule has 0 aromatic carbocycles. The molecule has 0 saturated carbocycles. The van der Waals surface area contributed by atoms with Gasteiger partial charge in [0.2, 0.25) is 0 Å². The molecule has 0 bridgehead atoms. The van der Waals surface area contributed by atoms with Crippen LogP contribution in [0, 0.1) is 11.3 Å². The first-order valence-corrected chi connectivity index (χ1v) is 7.58. The highest BCUT2D eigenvalue weighted by Gasteiger charge is 2.40. The van der Waals surface area contributed by atoms with Crippen LogP contribution in [-0.2, 0) is 10.0 Å². The SMILES string of the molecule is N#CC1CN1C(=O)NS(=O)(=O)c1cc(Cl)c(Cl)s1. The summed E-state index contributed by atoms with van der Waals surface area (Å²) in [5, 5.41) is 8.63. The molecule has 96 valence electrons. The number of carbonyl (C=O) groups is 1. The van der Waals surface area contributed by atoms with Crippen LogP contribution in [0.15, 0.2) is 10.3 Å². The van der Waals surface area contributed by atoms with Gasteiger partial charge in [0.05, 0.1) is 17.6 Å². The van der Waals surface area contributed by atoms with Gasteiger partial charge < -0.3 is 4.90 Å². The number of hydrogen-bond donors (Lipinski definition) is 1. The lowest BCUT2D eigenvalue weighted by molar-refractivity contribution is 0.234. The highest BCUT2D eigenvalue weighted by atomic mass is 35.5. The highest BCUT2D eigenvalue weighted by molar-refractivity contribution is 7.92. The fourth-order valence-corrected chi connectivity index (χ4v) is 4.00. The largest absolute Gasteiger partial charge is 0.332 e. The Bertz CT molecular complexity index is 630. The first kappa shape index (κ1) is 13.4. The van der Waals surface area contributed by atoms with E-state index in [1.54, 1.807) is 0 Å². The van der Waals surface area contributed by atoms with Crippen LogP contribution in [0.25, 0.3) is 0 Å². The molecule has 1 saturated heterocycles. The van der Waals surface area contributed by atoms with E-state index in [1.165, 1.54) is 0 Å². The van der Waals surface area contributed by atoms with E-state index in [0.717, 1.165) is 22.3 Å². The van der Waals surface area contributed by atoms with E-state index in [1.807, 2.05) is 10.8 Å². The van der Waals surface area contributed by atoms with Gasteiger partial charge in [0, 0.05) is 0 Å². The normalized spacial score (nSPS) is 18.3. The number of rotatable bonds is 2. The highest BCUT2D eigenvalue weighted by Crippen LogP contribution is 2.34. The summed E-state index contributed by atoms with van der Waals surface area (Å²) in [6, 6.07) is 1.61. The fraction of sp³-hybridized carbons (Fsp3) is 0.250. The average molecular weight is 326 g/mol. The summed E-state index contributed by atoms with van der Waals surface area (Å²) in [6.45, 7) is 0.226. The molecule has 1 N–H and O–H groups in total. The first-order valence-electron chi connectivity index (χ1n) is 4.53. The molecule has 2 rings (SSSR count). The van der Waals surface area contributed by atoms with Crippen molar-refractivity contribution < 1.29 is 13.2 Å². The number of thiophene rings is 1. The van der Waals surface area contributed by atoms with Crippen molar-refractivity contribution in [2.75, 3.05) is 6.54 Å². The van der Waals surface area contributed by atoms with E-state index < -0.39 is 22.1 Å². The zero-order chi connectivity index (χ0) is 13.5. The van der Waals surface area contributed by atoms with Crippen molar-refractivity contribution in [1.29, 1.82) is 5.26 Å². The van der Waals surface area contributed by atoms with E-state index in [4.69, 9.17) is 28.5 Å². The van der Waals surface area contributed by atoms with Crippen LogP contribution in [0.5, 0.6) is 0 Å². The zero-order valence-corrected chi connectivity index (χ0v) is 11.7. The first-order chi connectivity index (χ1) is 8.35. The molecular formula is C8H5Cl2N3O3S2. The summed E-state index contributed by atoms with van der Waals surface area (Å²) >= 11 is 12.0. The van der Waals surface area contributed by atoms with Gasteiger partial charge in [-0.05, 0) is 6.07 Å². The second kappa shape index (κ2) is 4.59. The summed E-state index contributed by atoms with van der Waals surface area (Å²) in [4.78, 5) is 12.6. The molecule has 1 aromatic heterocycles. The predicted molar refractivity (Wildman–Crippen MR) is 66.2 cm³/mol. The number of nitrogens with zero attached hydrogens (tertiary/aromatic N) is 2. The Morgan fingerprint density at radius 2 is 2.28 bits per heavy atom. The maximum atomic E-state index is 11.8. The quantitative estimate of drug-likeness (QED) is 0.837. The van der Waals surface area contributed by atoms with Crippen LogP contribution in [0.1, 0.15) is 0 Å². The lowest BCUT2D eigenvalue weighted by Crippen LogP contribution is -2.34. The van der Waals surface area contributed by atoms with Gasteiger partial charge in [-0.25, -0.2) is 17.9 Å². The van der Waals surface area contributed by atoms with Gasteiger partial charge >= 0.3 is 6.03 Å². The van der Waals surface area contributed by atoms with E-state index in [9.17, 15) is 13.2 Å². The summed E-state index contributed by atoms with van der Waals surface area (Å²) in [6.07, 6.45) is 0. The molecule has 1 aliphatic heterocycles. The molecule has 0 radical (unpaired) electrons. The van der Waals surface area contributed by atoms with Gasteiger partial charge in [0.25, 0.3) is 10.0 Å². The van der Waals surface area contributed by atoms with E-state index in [0.29, 0.717) is 0 Å². The van der Waals surface area contributed by atoms with Gasteiger partial charge in [0.15, 0.2) is 0 Å². The molecule has 1 aliphatic rings. The molecule has 0 spiro atoms. The van der Waals surface area contributed by atoms with Gasteiger partial charge in [-0.2, -0.15) is 5.26 Å². The van der Waals surface area contributed by atoms with Crippen molar-refractivity contribution in [3.8, 4) is 6.07 Å². The molecule has 2 heterocycles. The van der Waals surface area contributed by atoms with Gasteiger partial charge in [0.1, 0.15) is 14.6 Å².